The molecule has 8 N–H and O–H groups in total. The number of phenols is 4. The molecule has 0 saturated heterocycles. The highest BCUT2D eigenvalue weighted by atomic mass is 16.6. The van der Waals surface area contributed by atoms with Crippen LogP contribution < -0.4 is 4.74 Å². The summed E-state index contributed by atoms with van der Waals surface area (Å²) in [6.45, 7) is 4.33. The molecule has 0 radical (unpaired) electrons. The Kier molecular flexibility index (Phi) is 16.7. The minimum absolute atomic E-state index is 0.0307. The van der Waals surface area contributed by atoms with Crippen molar-refractivity contribution in [1.29, 1.82) is 0 Å². The fourth-order valence-electron chi connectivity index (χ4n) is 3.30. The highest BCUT2D eigenvalue weighted by molar-refractivity contribution is 5.89. The van der Waals surface area contributed by atoms with Crippen LogP contribution in [-0.2, 0) is 30.3 Å². The predicted molar refractivity (Wildman–Crippen MR) is 156 cm³/mol. The van der Waals surface area contributed by atoms with Crippen LogP contribution in [0.2, 0.25) is 0 Å². The average Bonchev–Trinajstić information content (AvgIpc) is 2.88. The van der Waals surface area contributed by atoms with Gasteiger partial charge in [-0.1, -0.05) is 12.1 Å². The highest BCUT2D eigenvalue weighted by Crippen LogP contribution is 2.43. The maximum Gasteiger partial charge on any atom is 0.338 e. The number of rotatable bonds is 3. The van der Waals surface area contributed by atoms with Crippen LogP contribution in [0.3, 0.4) is 0 Å². The van der Waals surface area contributed by atoms with E-state index >= 15 is 0 Å². The van der Waals surface area contributed by atoms with Crippen LogP contribution in [0.4, 0.5) is 0 Å². The summed E-state index contributed by atoms with van der Waals surface area (Å²) < 4.78 is 11.6. The first kappa shape index (κ1) is 39.0. The molecule has 0 fully saturated rings. The minimum Gasteiger partial charge on any atom is -0.508 e. The first-order valence-electron chi connectivity index (χ1n) is 12.6. The fourth-order valence-corrected chi connectivity index (χ4v) is 3.30. The molecule has 4 rings (SSSR count). The second kappa shape index (κ2) is 19.2. The van der Waals surface area contributed by atoms with E-state index in [1.54, 1.807) is 12.1 Å². The van der Waals surface area contributed by atoms with Crippen LogP contribution in [0.15, 0.2) is 60.7 Å². The molecular formula is C30H34O15. The number of fused-ring (bicyclic) bond motifs is 1. The molecule has 1 heterocycles. The zero-order valence-corrected chi connectivity index (χ0v) is 24.6. The van der Waals surface area contributed by atoms with Gasteiger partial charge in [0.25, 0.3) is 23.9 Å². The first-order valence-corrected chi connectivity index (χ1v) is 12.6. The van der Waals surface area contributed by atoms with Crippen molar-refractivity contribution in [2.24, 2.45) is 0 Å². The molecule has 0 amide bonds. The number of esters is 1. The summed E-state index contributed by atoms with van der Waals surface area (Å²) in [5.74, 6) is -3.84. The van der Waals surface area contributed by atoms with Gasteiger partial charge in [-0.05, 0) is 42.0 Å². The quantitative estimate of drug-likeness (QED) is 0.191. The van der Waals surface area contributed by atoms with E-state index in [0.717, 1.165) is 27.7 Å². The Morgan fingerprint density at radius 1 is 0.644 bits per heavy atom. The number of carboxylic acid groups (broad SMARTS) is 4. The van der Waals surface area contributed by atoms with Crippen molar-refractivity contribution < 1.29 is 74.3 Å². The normalized spacial score (nSPS) is 13.7. The third-order valence-corrected chi connectivity index (χ3v) is 4.75. The zero-order chi connectivity index (χ0) is 34.9. The van der Waals surface area contributed by atoms with E-state index < -0.39 is 42.1 Å². The largest absolute Gasteiger partial charge is 0.508 e. The molecule has 15 heteroatoms. The van der Waals surface area contributed by atoms with Crippen LogP contribution in [0.5, 0.6) is 28.7 Å². The zero-order valence-electron chi connectivity index (χ0n) is 24.6. The summed E-state index contributed by atoms with van der Waals surface area (Å²) in [6, 6.07) is 14.5. The van der Waals surface area contributed by atoms with Gasteiger partial charge >= 0.3 is 5.97 Å². The lowest BCUT2D eigenvalue weighted by Crippen LogP contribution is -2.34. The molecule has 3 aromatic carbocycles. The molecule has 244 valence electrons. The number of carboxylic acids is 4. The summed E-state index contributed by atoms with van der Waals surface area (Å²) >= 11 is 0. The number of carbonyl (C=O) groups excluding carboxylic acids is 1. The van der Waals surface area contributed by atoms with Gasteiger partial charge < -0.3 is 50.3 Å². The third kappa shape index (κ3) is 16.9. The molecule has 3 aromatic rings. The van der Waals surface area contributed by atoms with E-state index in [1.165, 1.54) is 48.5 Å². The molecule has 1 aliphatic rings. The molecule has 0 saturated carbocycles. The fraction of sp³-hybridized carbons (Fsp3) is 0.233. The molecule has 0 bridgehead atoms. The lowest BCUT2D eigenvalue weighted by Gasteiger charge is -2.34. The van der Waals surface area contributed by atoms with E-state index in [1.807, 2.05) is 0 Å². The lowest BCUT2D eigenvalue weighted by molar-refractivity contribution is -0.135. The second-order valence-corrected chi connectivity index (χ2v) is 8.84. The molecule has 1 aliphatic heterocycles. The number of benzene rings is 3. The smallest absolute Gasteiger partial charge is 0.338 e. The molecule has 0 spiro atoms. The van der Waals surface area contributed by atoms with Gasteiger partial charge in [0.15, 0.2) is 6.10 Å². The van der Waals surface area contributed by atoms with Gasteiger partial charge in [-0.3, -0.25) is 19.2 Å². The first-order chi connectivity index (χ1) is 20.8. The number of phenolic OH excluding ortho intramolecular Hbond substituents is 4. The van der Waals surface area contributed by atoms with Crippen molar-refractivity contribution in [3.63, 3.8) is 0 Å². The Hall–Kier alpha value is -5.99. The predicted octanol–water partition coefficient (Wildman–Crippen LogP) is 3.77. The van der Waals surface area contributed by atoms with Gasteiger partial charge in [-0.2, -0.15) is 0 Å². The van der Waals surface area contributed by atoms with Crippen LogP contribution in [-0.4, -0.2) is 76.8 Å². The minimum atomic E-state index is -0.833. The van der Waals surface area contributed by atoms with Crippen molar-refractivity contribution >= 4 is 29.8 Å². The third-order valence-electron chi connectivity index (χ3n) is 4.75. The number of carbonyl (C=O) groups is 5. The van der Waals surface area contributed by atoms with Gasteiger partial charge in [0.2, 0.25) is 0 Å². The molecular weight excluding hydrogens is 600 g/mol. The number of hydrogen-bond donors (Lipinski definition) is 8. The van der Waals surface area contributed by atoms with Crippen LogP contribution in [0, 0.1) is 0 Å². The van der Waals surface area contributed by atoms with Gasteiger partial charge in [0, 0.05) is 51.8 Å². The Bertz CT molecular complexity index is 1370. The van der Waals surface area contributed by atoms with E-state index in [2.05, 4.69) is 0 Å². The van der Waals surface area contributed by atoms with Gasteiger partial charge in [-0.25, -0.2) is 4.79 Å². The summed E-state index contributed by atoms with van der Waals surface area (Å²) in [7, 11) is 0. The van der Waals surface area contributed by atoms with Crippen LogP contribution in [0.1, 0.15) is 55.3 Å². The molecule has 0 unspecified atom stereocenters. The Balaban J connectivity index is 0.00000101. The number of hydrogen-bond acceptors (Lipinski definition) is 11. The molecule has 45 heavy (non-hydrogen) atoms. The van der Waals surface area contributed by atoms with E-state index in [4.69, 9.17) is 49.1 Å². The van der Waals surface area contributed by atoms with Crippen molar-refractivity contribution in [1.82, 2.24) is 0 Å². The standard InChI is InChI=1S/C22H18O7.4C2H4O2/c23-14-5-1-12(2-6-14)21-20(29-22(27)13-3-7-15(24)8-4-13)11-17-18(26)9-16(25)10-19(17)28-21;4*1-2(3)4/h1-10,20-21,23-26H,11H2;4*1H3,(H,3,4)/t20-,21-;;;;/m1..../s1. The Labute approximate surface area is 256 Å². The Morgan fingerprint density at radius 3 is 1.47 bits per heavy atom. The topological polar surface area (TPSA) is 266 Å². The lowest BCUT2D eigenvalue weighted by atomic mass is 9.93. The summed E-state index contributed by atoms with van der Waals surface area (Å²) in [4.78, 5) is 48.6. The Morgan fingerprint density at radius 2 is 1.04 bits per heavy atom. The summed E-state index contributed by atoms with van der Waals surface area (Å²) in [5.41, 5.74) is 1.33. The van der Waals surface area contributed by atoms with Gasteiger partial charge in [-0.15, -0.1) is 0 Å². The summed E-state index contributed by atoms with van der Waals surface area (Å²) in [5, 5.41) is 68.6. The van der Waals surface area contributed by atoms with Gasteiger partial charge in [0.1, 0.15) is 34.9 Å². The van der Waals surface area contributed by atoms with Crippen molar-refractivity contribution in [2.75, 3.05) is 0 Å². The molecule has 15 nitrogen and oxygen atoms in total. The maximum atomic E-state index is 12.6. The van der Waals surface area contributed by atoms with Crippen LogP contribution >= 0.6 is 0 Å². The van der Waals surface area contributed by atoms with E-state index in [9.17, 15) is 25.2 Å². The van der Waals surface area contributed by atoms with Crippen molar-refractivity contribution in [3.05, 3.63) is 77.4 Å². The van der Waals surface area contributed by atoms with Gasteiger partial charge in [0.05, 0.1) is 5.56 Å². The maximum absolute atomic E-state index is 12.6. The van der Waals surface area contributed by atoms with Crippen molar-refractivity contribution in [3.8, 4) is 28.7 Å². The second-order valence-electron chi connectivity index (χ2n) is 8.84. The van der Waals surface area contributed by atoms with E-state index in [0.29, 0.717) is 11.1 Å². The molecule has 0 aromatic heterocycles. The number of ether oxygens (including phenoxy) is 2. The van der Waals surface area contributed by atoms with Crippen molar-refractivity contribution in [2.45, 2.75) is 46.3 Å². The number of aromatic hydroxyl groups is 4. The molecule has 0 aliphatic carbocycles. The number of aliphatic carboxylic acids is 4. The SMILES string of the molecule is CC(=O)O.CC(=O)O.CC(=O)O.CC(=O)O.O=C(O[C@@H]1Cc2c(O)cc(O)cc2O[C@@H]1c1ccc(O)cc1)c1ccc(O)cc1. The molecule has 2 atom stereocenters. The van der Waals surface area contributed by atoms with E-state index in [-0.39, 0.29) is 40.7 Å². The highest BCUT2D eigenvalue weighted by Gasteiger charge is 2.36. The monoisotopic (exact) mass is 634 g/mol. The average molecular weight is 635 g/mol. The van der Waals surface area contributed by atoms with Crippen LogP contribution in [0.25, 0.3) is 0 Å². The summed E-state index contributed by atoms with van der Waals surface area (Å²) in [6.07, 6.45) is -1.33.